The Bertz CT molecular complexity index is 490. The molecule has 0 saturated heterocycles. The van der Waals surface area contributed by atoms with Crippen molar-refractivity contribution >= 4 is 21.7 Å². The summed E-state index contributed by atoms with van der Waals surface area (Å²) in [4.78, 5) is 11.7. The van der Waals surface area contributed by atoms with E-state index in [0.29, 0.717) is 16.8 Å². The second kappa shape index (κ2) is 5.80. The first-order valence-corrected chi connectivity index (χ1v) is 5.94. The molecule has 0 saturated carbocycles. The third-order valence-electron chi connectivity index (χ3n) is 2.22. The number of hydrogen-bond acceptors (Lipinski definition) is 3. The van der Waals surface area contributed by atoms with E-state index in [0.717, 1.165) is 5.56 Å². The number of ketones is 1. The fraction of sp³-hybridized carbons (Fsp3) is 0.154. The summed E-state index contributed by atoms with van der Waals surface area (Å²) in [5.74, 6) is 0.135. The minimum Gasteiger partial charge on any atom is -0.460 e. The van der Waals surface area contributed by atoms with Gasteiger partial charge in [0, 0.05) is 0 Å². The highest BCUT2D eigenvalue weighted by Gasteiger charge is 2.13. The summed E-state index contributed by atoms with van der Waals surface area (Å²) in [5.41, 5.74) is 1.04. The van der Waals surface area contributed by atoms with Gasteiger partial charge in [-0.1, -0.05) is 30.3 Å². The number of ether oxygens (including phenoxy) is 1. The van der Waals surface area contributed by atoms with Crippen molar-refractivity contribution in [3.63, 3.8) is 0 Å². The molecule has 17 heavy (non-hydrogen) atoms. The van der Waals surface area contributed by atoms with Gasteiger partial charge in [0.1, 0.15) is 6.61 Å². The Morgan fingerprint density at radius 1 is 1.24 bits per heavy atom. The van der Waals surface area contributed by atoms with Gasteiger partial charge in [0.25, 0.3) is 0 Å². The normalized spacial score (nSPS) is 10.4. The molecule has 4 heteroatoms. The average Bonchev–Trinajstić information content (AvgIpc) is 2.77. The van der Waals surface area contributed by atoms with Crippen LogP contribution in [0.2, 0.25) is 0 Å². The fourth-order valence-corrected chi connectivity index (χ4v) is 1.82. The molecule has 2 rings (SSSR count). The van der Waals surface area contributed by atoms with Gasteiger partial charge in [0.15, 0.2) is 5.76 Å². The molecule has 0 amide bonds. The van der Waals surface area contributed by atoms with Crippen LogP contribution in [0.15, 0.2) is 51.6 Å². The van der Waals surface area contributed by atoms with Crippen molar-refractivity contribution in [1.82, 2.24) is 0 Å². The lowest BCUT2D eigenvalue weighted by molar-refractivity contribution is 0.0699. The van der Waals surface area contributed by atoms with E-state index in [1.54, 1.807) is 6.07 Å². The zero-order valence-electron chi connectivity index (χ0n) is 9.06. The molecular formula is C13H11BrO3. The molecule has 0 bridgehead atoms. The molecule has 0 aliphatic heterocycles. The van der Waals surface area contributed by atoms with Crippen molar-refractivity contribution in [2.24, 2.45) is 0 Å². The van der Waals surface area contributed by atoms with E-state index >= 15 is 0 Å². The predicted octanol–water partition coefficient (Wildman–Crippen LogP) is 3.44. The molecule has 1 heterocycles. The lowest BCUT2D eigenvalue weighted by atomic mass is 10.2. The van der Waals surface area contributed by atoms with Crippen molar-refractivity contribution in [3.05, 3.63) is 58.5 Å². The van der Waals surface area contributed by atoms with Crippen molar-refractivity contribution < 1.29 is 13.9 Å². The van der Waals surface area contributed by atoms with Crippen molar-refractivity contribution in [2.45, 2.75) is 6.61 Å². The number of rotatable bonds is 5. The van der Waals surface area contributed by atoms with Crippen LogP contribution in [-0.2, 0) is 11.3 Å². The van der Waals surface area contributed by atoms with Gasteiger partial charge in [-0.05, 0) is 27.6 Å². The third kappa shape index (κ3) is 3.28. The molecule has 3 nitrogen and oxygen atoms in total. The molecule has 0 radical (unpaired) electrons. The number of carbonyl (C=O) groups is 1. The monoisotopic (exact) mass is 294 g/mol. The minimum atomic E-state index is -0.169. The molecule has 1 aromatic heterocycles. The standard InChI is InChI=1S/C13H11BrO3/c14-11-6-7-17-13(11)12(15)9-16-8-10-4-2-1-3-5-10/h1-7H,8-9H2. The maximum Gasteiger partial charge on any atom is 0.224 e. The predicted molar refractivity (Wildman–Crippen MR) is 66.8 cm³/mol. The maximum absolute atomic E-state index is 11.7. The second-order valence-corrected chi connectivity index (χ2v) is 4.35. The number of carbonyl (C=O) groups excluding carboxylic acids is 1. The van der Waals surface area contributed by atoms with Crippen LogP contribution in [0.5, 0.6) is 0 Å². The second-order valence-electron chi connectivity index (χ2n) is 3.50. The van der Waals surface area contributed by atoms with Crippen molar-refractivity contribution in [2.75, 3.05) is 6.61 Å². The summed E-state index contributed by atoms with van der Waals surface area (Å²) >= 11 is 3.23. The van der Waals surface area contributed by atoms with E-state index in [1.807, 2.05) is 30.3 Å². The molecule has 0 aliphatic rings. The molecule has 2 aromatic rings. The molecule has 0 fully saturated rings. The van der Waals surface area contributed by atoms with E-state index in [2.05, 4.69) is 15.9 Å². The molecule has 0 unspecified atom stereocenters. The molecular weight excluding hydrogens is 284 g/mol. The summed E-state index contributed by atoms with van der Waals surface area (Å²) in [6, 6.07) is 11.4. The number of benzene rings is 1. The summed E-state index contributed by atoms with van der Waals surface area (Å²) in [6.07, 6.45) is 1.47. The van der Waals surface area contributed by atoms with Crippen LogP contribution in [0.4, 0.5) is 0 Å². The molecule has 0 spiro atoms. The highest BCUT2D eigenvalue weighted by molar-refractivity contribution is 9.10. The topological polar surface area (TPSA) is 39.4 Å². The lowest BCUT2D eigenvalue weighted by Crippen LogP contribution is -2.08. The molecule has 0 N–H and O–H groups in total. The van der Waals surface area contributed by atoms with Gasteiger partial charge in [-0.25, -0.2) is 0 Å². The van der Waals surface area contributed by atoms with E-state index < -0.39 is 0 Å². The van der Waals surface area contributed by atoms with Gasteiger partial charge >= 0.3 is 0 Å². The Balaban J connectivity index is 1.84. The van der Waals surface area contributed by atoms with Gasteiger partial charge in [-0.15, -0.1) is 0 Å². The van der Waals surface area contributed by atoms with Gasteiger partial charge in [0.05, 0.1) is 17.3 Å². The highest BCUT2D eigenvalue weighted by atomic mass is 79.9. The molecule has 0 atom stereocenters. The number of halogens is 1. The number of hydrogen-bond donors (Lipinski definition) is 0. The van der Waals surface area contributed by atoms with Crippen LogP contribution in [0.3, 0.4) is 0 Å². The van der Waals surface area contributed by atoms with Crippen molar-refractivity contribution in [1.29, 1.82) is 0 Å². The van der Waals surface area contributed by atoms with Crippen LogP contribution in [0, 0.1) is 0 Å². The zero-order valence-corrected chi connectivity index (χ0v) is 10.6. The number of Topliss-reactive ketones (excluding diaryl/α,β-unsaturated/α-hetero) is 1. The smallest absolute Gasteiger partial charge is 0.224 e. The SMILES string of the molecule is O=C(COCc1ccccc1)c1occc1Br. The van der Waals surface area contributed by atoms with Gasteiger partial charge < -0.3 is 9.15 Å². The Labute approximate surface area is 108 Å². The molecule has 0 aliphatic carbocycles. The largest absolute Gasteiger partial charge is 0.460 e. The molecule has 88 valence electrons. The third-order valence-corrected chi connectivity index (χ3v) is 2.84. The summed E-state index contributed by atoms with van der Waals surface area (Å²) in [6.45, 7) is 0.436. The van der Waals surface area contributed by atoms with E-state index in [1.165, 1.54) is 6.26 Å². The van der Waals surface area contributed by atoms with Crippen molar-refractivity contribution in [3.8, 4) is 0 Å². The lowest BCUT2D eigenvalue weighted by Gasteiger charge is -2.02. The highest BCUT2D eigenvalue weighted by Crippen LogP contribution is 2.18. The van der Waals surface area contributed by atoms with Crippen LogP contribution >= 0.6 is 15.9 Å². The zero-order chi connectivity index (χ0) is 12.1. The van der Waals surface area contributed by atoms with Crippen LogP contribution in [0.1, 0.15) is 16.1 Å². The minimum absolute atomic E-state index is 0.0149. The Morgan fingerprint density at radius 3 is 2.65 bits per heavy atom. The maximum atomic E-state index is 11.7. The Kier molecular flexibility index (Phi) is 4.12. The first kappa shape index (κ1) is 12.1. The summed E-state index contributed by atoms with van der Waals surface area (Å²) in [7, 11) is 0. The first-order chi connectivity index (χ1) is 8.27. The Hall–Kier alpha value is -1.39. The van der Waals surface area contributed by atoms with Crippen LogP contribution in [-0.4, -0.2) is 12.4 Å². The van der Waals surface area contributed by atoms with Gasteiger partial charge in [0.2, 0.25) is 5.78 Å². The summed E-state index contributed by atoms with van der Waals surface area (Å²) in [5, 5.41) is 0. The number of furan rings is 1. The first-order valence-electron chi connectivity index (χ1n) is 5.15. The summed E-state index contributed by atoms with van der Waals surface area (Å²) < 4.78 is 11.0. The fourth-order valence-electron chi connectivity index (χ4n) is 1.39. The molecule has 1 aromatic carbocycles. The average molecular weight is 295 g/mol. The van der Waals surface area contributed by atoms with Gasteiger partial charge in [-0.3, -0.25) is 4.79 Å². The van der Waals surface area contributed by atoms with Crippen LogP contribution in [0.25, 0.3) is 0 Å². The Morgan fingerprint density at radius 2 is 2.00 bits per heavy atom. The van der Waals surface area contributed by atoms with Crippen LogP contribution < -0.4 is 0 Å². The quantitative estimate of drug-likeness (QED) is 0.793. The van der Waals surface area contributed by atoms with E-state index in [-0.39, 0.29) is 12.4 Å². The van der Waals surface area contributed by atoms with E-state index in [4.69, 9.17) is 9.15 Å². The van der Waals surface area contributed by atoms with Gasteiger partial charge in [-0.2, -0.15) is 0 Å². The van der Waals surface area contributed by atoms with E-state index in [9.17, 15) is 4.79 Å².